The monoisotopic (exact) mass is 346 g/mol. The molecule has 0 bridgehead atoms. The molecule has 1 heterocycles. The van der Waals surface area contributed by atoms with E-state index in [9.17, 15) is 8.78 Å². The standard InChI is InChI=1S/C13H17F2N2OS.C2H4O2/c1-17(2,3)6-4-5-16-11-7-9(14)10(15)8-12(11)18-13(16)19;1-2(3)4/h7-8H,4-6H2,1-3H3;1H3,(H,3,4)/q+1;/p-1. The molecule has 0 N–H and O–H groups in total. The molecule has 0 atom stereocenters. The maximum absolute atomic E-state index is 13.3. The maximum atomic E-state index is 13.3. The summed E-state index contributed by atoms with van der Waals surface area (Å²) in [6.07, 6.45) is 0.880. The molecule has 1 aromatic carbocycles. The first kappa shape index (κ1) is 19.2. The first-order chi connectivity index (χ1) is 10.5. The molecule has 0 fully saturated rings. The number of carboxylic acid groups (broad SMARTS) is 1. The Bertz CT molecular complexity index is 743. The number of hydrogen-bond acceptors (Lipinski definition) is 4. The number of hydrogen-bond donors (Lipinski definition) is 0. The average Bonchev–Trinajstić information content (AvgIpc) is 2.64. The van der Waals surface area contributed by atoms with Gasteiger partial charge in [-0.2, -0.15) is 0 Å². The fourth-order valence-corrected chi connectivity index (χ4v) is 2.25. The number of carbonyl (C=O) groups is 1. The summed E-state index contributed by atoms with van der Waals surface area (Å²) in [5, 5.41) is 8.89. The van der Waals surface area contributed by atoms with Crippen molar-refractivity contribution in [2.45, 2.75) is 19.9 Å². The number of aliphatic carboxylic acids is 1. The van der Waals surface area contributed by atoms with Crippen molar-refractivity contribution < 1.29 is 27.6 Å². The third-order valence-electron chi connectivity index (χ3n) is 2.92. The van der Waals surface area contributed by atoms with Gasteiger partial charge in [0.2, 0.25) is 0 Å². The molecule has 2 aromatic rings. The Labute approximate surface area is 138 Å². The second kappa shape index (κ2) is 7.65. The molecule has 0 spiro atoms. The topological polar surface area (TPSA) is 58.2 Å². The summed E-state index contributed by atoms with van der Waals surface area (Å²) in [5.74, 6) is -2.89. The molecule has 1 aromatic heterocycles. The highest BCUT2D eigenvalue weighted by Gasteiger charge is 2.13. The number of benzene rings is 1. The Morgan fingerprint density at radius 2 is 1.83 bits per heavy atom. The van der Waals surface area contributed by atoms with E-state index in [-0.39, 0.29) is 10.4 Å². The van der Waals surface area contributed by atoms with E-state index in [1.165, 1.54) is 0 Å². The van der Waals surface area contributed by atoms with Gasteiger partial charge in [-0.25, -0.2) is 8.78 Å². The number of oxazole rings is 1. The maximum Gasteiger partial charge on any atom is 0.269 e. The molecule has 8 heteroatoms. The van der Waals surface area contributed by atoms with Crippen LogP contribution >= 0.6 is 12.2 Å². The summed E-state index contributed by atoms with van der Waals surface area (Å²) < 4.78 is 34.2. The molecule has 0 amide bonds. The molecule has 5 nitrogen and oxygen atoms in total. The van der Waals surface area contributed by atoms with Crippen LogP contribution < -0.4 is 5.11 Å². The number of quaternary nitrogens is 1. The molecule has 0 aliphatic carbocycles. The Hall–Kier alpha value is -1.80. The van der Waals surface area contributed by atoms with Crippen molar-refractivity contribution in [3.63, 3.8) is 0 Å². The van der Waals surface area contributed by atoms with Gasteiger partial charge in [-0.15, -0.1) is 0 Å². The lowest BCUT2D eigenvalue weighted by Gasteiger charge is -2.23. The van der Waals surface area contributed by atoms with E-state index in [0.29, 0.717) is 12.1 Å². The molecular formula is C15H20F2N2O3S. The number of fused-ring (bicyclic) bond motifs is 1. The van der Waals surface area contributed by atoms with E-state index in [1.807, 2.05) is 0 Å². The lowest BCUT2D eigenvalue weighted by atomic mass is 10.3. The highest BCUT2D eigenvalue weighted by molar-refractivity contribution is 7.71. The summed E-state index contributed by atoms with van der Waals surface area (Å²) in [7, 11) is 6.30. The molecular weight excluding hydrogens is 326 g/mol. The van der Waals surface area contributed by atoms with Gasteiger partial charge in [-0.3, -0.25) is 4.57 Å². The predicted octanol–water partition coefficient (Wildman–Crippen LogP) is 2.09. The van der Waals surface area contributed by atoms with Gasteiger partial charge in [0.05, 0.1) is 33.2 Å². The number of halogens is 2. The second-order valence-corrected chi connectivity index (χ2v) is 6.46. The summed E-state index contributed by atoms with van der Waals surface area (Å²) in [4.78, 5) is 9.14. The number of carboxylic acids is 1. The van der Waals surface area contributed by atoms with Gasteiger partial charge in [0, 0.05) is 31.1 Å². The minimum atomic E-state index is -1.08. The Kier molecular flexibility index (Phi) is 6.40. The van der Waals surface area contributed by atoms with Crippen molar-refractivity contribution >= 4 is 29.3 Å². The highest BCUT2D eigenvalue weighted by Crippen LogP contribution is 2.21. The van der Waals surface area contributed by atoms with Gasteiger partial charge < -0.3 is 18.8 Å². The smallest absolute Gasteiger partial charge is 0.269 e. The van der Waals surface area contributed by atoms with Crippen LogP contribution in [0.1, 0.15) is 13.3 Å². The van der Waals surface area contributed by atoms with Gasteiger partial charge in [0.1, 0.15) is 0 Å². The van der Waals surface area contributed by atoms with E-state index in [0.717, 1.165) is 36.5 Å². The molecule has 0 radical (unpaired) electrons. The third-order valence-corrected chi connectivity index (χ3v) is 3.22. The number of rotatable bonds is 4. The van der Waals surface area contributed by atoms with Gasteiger partial charge in [-0.05, 0) is 19.1 Å². The van der Waals surface area contributed by atoms with E-state index >= 15 is 0 Å². The Morgan fingerprint density at radius 3 is 2.35 bits per heavy atom. The largest absolute Gasteiger partial charge is 0.550 e. The zero-order valence-electron chi connectivity index (χ0n) is 13.6. The number of nitrogens with zero attached hydrogens (tertiary/aromatic N) is 2. The highest BCUT2D eigenvalue weighted by atomic mass is 32.1. The van der Waals surface area contributed by atoms with Crippen LogP contribution in [-0.2, 0) is 11.3 Å². The van der Waals surface area contributed by atoms with Gasteiger partial charge >= 0.3 is 0 Å². The normalized spacial score (nSPS) is 11.2. The van der Waals surface area contributed by atoms with E-state index < -0.39 is 17.6 Å². The third kappa shape index (κ3) is 6.07. The number of aryl methyl sites for hydroxylation is 1. The van der Waals surface area contributed by atoms with Crippen molar-refractivity contribution in [3.05, 3.63) is 28.6 Å². The van der Waals surface area contributed by atoms with E-state index in [4.69, 9.17) is 26.5 Å². The van der Waals surface area contributed by atoms with Crippen LogP contribution in [0.15, 0.2) is 16.5 Å². The summed E-state index contributed by atoms with van der Waals surface area (Å²) in [5.41, 5.74) is 0.791. The van der Waals surface area contributed by atoms with Gasteiger partial charge in [0.15, 0.2) is 17.2 Å². The predicted molar refractivity (Wildman–Crippen MR) is 83.2 cm³/mol. The van der Waals surface area contributed by atoms with Crippen LogP contribution in [0.4, 0.5) is 8.78 Å². The first-order valence-corrected chi connectivity index (χ1v) is 7.38. The van der Waals surface area contributed by atoms with Crippen molar-refractivity contribution in [1.82, 2.24) is 4.57 Å². The van der Waals surface area contributed by atoms with Crippen molar-refractivity contribution in [2.75, 3.05) is 27.7 Å². The van der Waals surface area contributed by atoms with Crippen molar-refractivity contribution in [1.29, 1.82) is 0 Å². The quantitative estimate of drug-likeness (QED) is 0.628. The van der Waals surface area contributed by atoms with Crippen molar-refractivity contribution in [3.8, 4) is 0 Å². The fourth-order valence-electron chi connectivity index (χ4n) is 1.97. The number of carbonyl (C=O) groups excluding carboxylic acids is 1. The Morgan fingerprint density at radius 1 is 1.30 bits per heavy atom. The molecule has 23 heavy (non-hydrogen) atoms. The molecule has 128 valence electrons. The van der Waals surface area contributed by atoms with Crippen LogP contribution in [0.3, 0.4) is 0 Å². The molecule has 2 rings (SSSR count). The van der Waals surface area contributed by atoms with Crippen LogP contribution in [-0.4, -0.2) is 42.7 Å². The summed E-state index contributed by atoms with van der Waals surface area (Å²) in [6, 6.07) is 2.17. The van der Waals surface area contributed by atoms with Crippen LogP contribution in [0.25, 0.3) is 11.1 Å². The molecule has 0 unspecified atom stereocenters. The molecule has 0 saturated heterocycles. The van der Waals surface area contributed by atoms with E-state index in [2.05, 4.69) is 21.1 Å². The molecule has 0 aliphatic rings. The van der Waals surface area contributed by atoms with Crippen LogP contribution in [0, 0.1) is 16.5 Å². The first-order valence-electron chi connectivity index (χ1n) is 6.97. The van der Waals surface area contributed by atoms with Crippen LogP contribution in [0.5, 0.6) is 0 Å². The van der Waals surface area contributed by atoms with Gasteiger partial charge in [0.25, 0.3) is 4.84 Å². The van der Waals surface area contributed by atoms with Crippen molar-refractivity contribution in [2.24, 2.45) is 0 Å². The Balaban J connectivity index is 0.000000593. The number of aromatic nitrogens is 1. The minimum absolute atomic E-state index is 0.251. The van der Waals surface area contributed by atoms with Crippen LogP contribution in [0.2, 0.25) is 0 Å². The summed E-state index contributed by atoms with van der Waals surface area (Å²) in [6.45, 7) is 2.56. The second-order valence-electron chi connectivity index (χ2n) is 6.11. The lowest BCUT2D eigenvalue weighted by Crippen LogP contribution is -2.35. The van der Waals surface area contributed by atoms with E-state index in [1.54, 1.807) is 4.57 Å². The fraction of sp³-hybridized carbons (Fsp3) is 0.467. The molecule has 0 aliphatic heterocycles. The average molecular weight is 346 g/mol. The summed E-state index contributed by atoms with van der Waals surface area (Å²) >= 11 is 5.09. The van der Waals surface area contributed by atoms with Gasteiger partial charge in [-0.1, -0.05) is 0 Å². The zero-order chi connectivity index (χ0) is 17.8. The zero-order valence-corrected chi connectivity index (χ0v) is 14.4. The minimum Gasteiger partial charge on any atom is -0.550 e. The lowest BCUT2D eigenvalue weighted by molar-refractivity contribution is -0.870. The SMILES string of the molecule is CC(=O)[O-].C[N+](C)(C)CCCn1c(=S)oc2cc(F)c(F)cc21. The molecule has 0 saturated carbocycles.